The number of aromatic hydroxyl groups is 1. The summed E-state index contributed by atoms with van der Waals surface area (Å²) < 4.78 is 26.4. The van der Waals surface area contributed by atoms with Crippen molar-refractivity contribution in [3.05, 3.63) is 35.5 Å². The molecule has 0 atom stereocenters. The maximum absolute atomic E-state index is 12.6. The number of phenolic OH excluding ortho intramolecular Hbond substituents is 1. The molecule has 1 aromatic carbocycles. The fourth-order valence-corrected chi connectivity index (χ4v) is 1.64. The maximum Gasteiger partial charge on any atom is 0.280 e. The average Bonchev–Trinajstić information content (AvgIpc) is 2.64. The molecule has 0 saturated carbocycles. The molecule has 1 heterocycles. The lowest BCUT2D eigenvalue weighted by Gasteiger charge is -2.00. The van der Waals surface area contributed by atoms with E-state index in [1.54, 1.807) is 19.1 Å². The minimum Gasteiger partial charge on any atom is -0.508 e. The van der Waals surface area contributed by atoms with Crippen molar-refractivity contribution in [2.24, 2.45) is 7.05 Å². The Kier molecular flexibility index (Phi) is 2.83. The highest BCUT2D eigenvalue weighted by Gasteiger charge is 2.15. The third-order valence-electron chi connectivity index (χ3n) is 2.63. The molecular weight excluding hydrogens is 226 g/mol. The summed E-state index contributed by atoms with van der Waals surface area (Å²) in [6.45, 7) is 1.75. The van der Waals surface area contributed by atoms with Gasteiger partial charge in [-0.3, -0.25) is 4.68 Å². The van der Waals surface area contributed by atoms with Gasteiger partial charge in [-0.25, -0.2) is 8.78 Å². The fraction of sp³-hybridized carbons (Fsp3) is 0.250. The first-order valence-electron chi connectivity index (χ1n) is 5.11. The maximum atomic E-state index is 12.6. The minimum atomic E-state index is -2.54. The van der Waals surface area contributed by atoms with Gasteiger partial charge in [-0.15, -0.1) is 0 Å². The second-order valence-corrected chi connectivity index (χ2v) is 3.88. The lowest BCUT2D eigenvalue weighted by atomic mass is 10.1. The summed E-state index contributed by atoms with van der Waals surface area (Å²) in [4.78, 5) is 0. The summed E-state index contributed by atoms with van der Waals surface area (Å²) in [6, 6.07) is 6.25. The number of aryl methyl sites for hydroxylation is 2. The molecule has 0 fully saturated rings. The number of nitrogens with zero attached hydrogens (tertiary/aromatic N) is 2. The van der Waals surface area contributed by atoms with Crippen molar-refractivity contribution in [2.45, 2.75) is 13.3 Å². The minimum absolute atomic E-state index is 0.120. The predicted molar refractivity (Wildman–Crippen MR) is 60.0 cm³/mol. The van der Waals surface area contributed by atoms with Crippen molar-refractivity contribution in [3.63, 3.8) is 0 Å². The molecule has 0 spiro atoms. The molecule has 0 radical (unpaired) electrons. The van der Waals surface area contributed by atoms with Gasteiger partial charge in [-0.2, -0.15) is 5.10 Å². The zero-order valence-electron chi connectivity index (χ0n) is 9.48. The zero-order valence-corrected chi connectivity index (χ0v) is 9.48. The lowest BCUT2D eigenvalue weighted by Crippen LogP contribution is -1.97. The van der Waals surface area contributed by atoms with Gasteiger partial charge in [-0.05, 0) is 36.8 Å². The fourth-order valence-electron chi connectivity index (χ4n) is 1.64. The Morgan fingerprint density at radius 3 is 2.53 bits per heavy atom. The van der Waals surface area contributed by atoms with Crippen LogP contribution in [0.5, 0.6) is 5.75 Å². The highest BCUT2D eigenvalue weighted by molar-refractivity contribution is 5.62. The quantitative estimate of drug-likeness (QED) is 0.873. The summed E-state index contributed by atoms with van der Waals surface area (Å²) >= 11 is 0. The van der Waals surface area contributed by atoms with Gasteiger partial charge < -0.3 is 5.11 Å². The number of halogens is 2. The Morgan fingerprint density at radius 2 is 2.00 bits per heavy atom. The molecule has 3 nitrogen and oxygen atoms in total. The number of benzene rings is 1. The Labute approximate surface area is 97.3 Å². The van der Waals surface area contributed by atoms with Crippen molar-refractivity contribution >= 4 is 0 Å². The van der Waals surface area contributed by atoms with Crippen LogP contribution in [0.4, 0.5) is 8.78 Å². The lowest BCUT2D eigenvalue weighted by molar-refractivity contribution is 0.141. The van der Waals surface area contributed by atoms with E-state index in [0.717, 1.165) is 0 Å². The molecule has 0 bridgehead atoms. The van der Waals surface area contributed by atoms with Crippen molar-refractivity contribution in [1.29, 1.82) is 0 Å². The van der Waals surface area contributed by atoms with Crippen LogP contribution in [0.15, 0.2) is 24.3 Å². The molecule has 2 aromatic rings. The van der Waals surface area contributed by atoms with Crippen LogP contribution in [-0.2, 0) is 7.05 Å². The second kappa shape index (κ2) is 4.16. The monoisotopic (exact) mass is 238 g/mol. The number of hydrogen-bond acceptors (Lipinski definition) is 2. The van der Waals surface area contributed by atoms with Crippen molar-refractivity contribution in [2.75, 3.05) is 0 Å². The molecule has 0 saturated heterocycles. The highest BCUT2D eigenvalue weighted by Crippen LogP contribution is 2.27. The molecule has 90 valence electrons. The van der Waals surface area contributed by atoms with Crippen LogP contribution in [0.2, 0.25) is 0 Å². The van der Waals surface area contributed by atoms with E-state index in [1.807, 2.05) is 0 Å². The third kappa shape index (κ3) is 2.13. The van der Waals surface area contributed by atoms with E-state index in [1.165, 1.54) is 23.9 Å². The SMILES string of the molecule is Cc1cc(-c2cc(C(F)F)n(C)n2)ccc1O. The number of phenols is 1. The van der Waals surface area contributed by atoms with Gasteiger partial charge in [0.25, 0.3) is 6.43 Å². The molecule has 0 amide bonds. The zero-order chi connectivity index (χ0) is 12.6. The first-order chi connectivity index (χ1) is 7.99. The second-order valence-electron chi connectivity index (χ2n) is 3.88. The van der Waals surface area contributed by atoms with Crippen LogP contribution >= 0.6 is 0 Å². The van der Waals surface area contributed by atoms with Crippen molar-refractivity contribution in [1.82, 2.24) is 9.78 Å². The van der Waals surface area contributed by atoms with E-state index in [4.69, 9.17) is 0 Å². The summed E-state index contributed by atoms with van der Waals surface area (Å²) in [5, 5.41) is 13.4. The molecular formula is C12H12F2N2O. The third-order valence-corrected chi connectivity index (χ3v) is 2.63. The van der Waals surface area contributed by atoms with Gasteiger partial charge in [0.05, 0.1) is 5.69 Å². The smallest absolute Gasteiger partial charge is 0.280 e. The van der Waals surface area contributed by atoms with Crippen LogP contribution in [0.25, 0.3) is 11.3 Å². The van der Waals surface area contributed by atoms with Gasteiger partial charge in [0, 0.05) is 12.6 Å². The summed E-state index contributed by atoms with van der Waals surface area (Å²) in [5.74, 6) is 0.179. The number of alkyl halides is 2. The average molecular weight is 238 g/mol. The molecule has 1 N–H and O–H groups in total. The molecule has 2 rings (SSSR count). The van der Waals surface area contributed by atoms with E-state index in [2.05, 4.69) is 5.10 Å². The number of rotatable bonds is 2. The Hall–Kier alpha value is -1.91. The Morgan fingerprint density at radius 1 is 1.29 bits per heavy atom. The van der Waals surface area contributed by atoms with Gasteiger partial charge in [0.2, 0.25) is 0 Å². The van der Waals surface area contributed by atoms with Gasteiger partial charge >= 0.3 is 0 Å². The van der Waals surface area contributed by atoms with E-state index in [9.17, 15) is 13.9 Å². The summed E-state index contributed by atoms with van der Waals surface area (Å²) in [5.41, 5.74) is 1.76. The molecule has 5 heteroatoms. The first kappa shape index (κ1) is 11.6. The highest BCUT2D eigenvalue weighted by atomic mass is 19.3. The predicted octanol–water partition coefficient (Wildman–Crippen LogP) is 3.04. The van der Waals surface area contributed by atoms with Crippen molar-refractivity contribution in [3.8, 4) is 17.0 Å². The van der Waals surface area contributed by atoms with E-state index in [0.29, 0.717) is 16.8 Å². The van der Waals surface area contributed by atoms with Gasteiger partial charge in [0.15, 0.2) is 0 Å². The Balaban J connectivity index is 2.46. The molecule has 0 aliphatic heterocycles. The molecule has 0 aliphatic rings. The van der Waals surface area contributed by atoms with Gasteiger partial charge in [0.1, 0.15) is 11.4 Å². The van der Waals surface area contributed by atoms with Crippen LogP contribution in [0.1, 0.15) is 17.7 Å². The van der Waals surface area contributed by atoms with Gasteiger partial charge in [-0.1, -0.05) is 0 Å². The largest absolute Gasteiger partial charge is 0.508 e. The van der Waals surface area contributed by atoms with E-state index < -0.39 is 6.43 Å². The number of hydrogen-bond donors (Lipinski definition) is 1. The normalized spacial score (nSPS) is 11.1. The first-order valence-corrected chi connectivity index (χ1v) is 5.11. The standard InChI is InChI=1S/C12H12F2N2O/c1-7-5-8(3-4-11(7)17)9-6-10(12(13)14)16(2)15-9/h3-6,12,17H,1-2H3. The van der Waals surface area contributed by atoms with Crippen molar-refractivity contribution < 1.29 is 13.9 Å². The van der Waals surface area contributed by atoms with Crippen LogP contribution in [-0.4, -0.2) is 14.9 Å². The molecule has 17 heavy (non-hydrogen) atoms. The topological polar surface area (TPSA) is 38.0 Å². The summed E-state index contributed by atoms with van der Waals surface area (Å²) in [6.07, 6.45) is -2.54. The van der Waals surface area contributed by atoms with E-state index in [-0.39, 0.29) is 11.4 Å². The van der Waals surface area contributed by atoms with E-state index >= 15 is 0 Å². The molecule has 1 aromatic heterocycles. The number of aromatic nitrogens is 2. The molecule has 0 aliphatic carbocycles. The van der Waals surface area contributed by atoms with Crippen LogP contribution in [0, 0.1) is 6.92 Å². The van der Waals surface area contributed by atoms with Crippen LogP contribution in [0.3, 0.4) is 0 Å². The summed E-state index contributed by atoms with van der Waals surface area (Å²) in [7, 11) is 1.48. The Bertz CT molecular complexity index is 549. The van der Waals surface area contributed by atoms with Crippen LogP contribution < -0.4 is 0 Å². The molecule has 0 unspecified atom stereocenters.